The lowest BCUT2D eigenvalue weighted by Gasteiger charge is -2.26. The number of ether oxygens (including phenoxy) is 3. The predicted octanol–water partition coefficient (Wildman–Crippen LogP) is 3.05. The highest BCUT2D eigenvalue weighted by molar-refractivity contribution is 6.01. The molecular weight excluding hydrogens is 398 g/mol. The van der Waals surface area contributed by atoms with Crippen LogP contribution >= 0.6 is 0 Å². The van der Waals surface area contributed by atoms with E-state index < -0.39 is 6.04 Å². The summed E-state index contributed by atoms with van der Waals surface area (Å²) in [5.41, 5.74) is 3.34. The minimum atomic E-state index is -0.594. The normalized spacial score (nSPS) is 20.7. The number of hydrogen-bond donors (Lipinski definition) is 2. The van der Waals surface area contributed by atoms with Crippen LogP contribution in [0.3, 0.4) is 0 Å². The fraction of sp³-hybridized carbons (Fsp3) is 0.478. The molecule has 3 amide bonds. The van der Waals surface area contributed by atoms with Crippen LogP contribution in [0.5, 0.6) is 17.2 Å². The average Bonchev–Trinajstić information content (AvgIpc) is 3.11. The molecule has 0 fully saturated rings. The van der Waals surface area contributed by atoms with E-state index in [9.17, 15) is 9.59 Å². The van der Waals surface area contributed by atoms with Crippen molar-refractivity contribution in [1.29, 1.82) is 0 Å². The Morgan fingerprint density at radius 1 is 1.06 bits per heavy atom. The van der Waals surface area contributed by atoms with Gasteiger partial charge in [-0.25, -0.2) is 4.79 Å². The SMILES string of the molecule is COc1cc(C2NC(=O)NC3=C2C(=O)N(CCC2=CCCCC2)C3)cc(OC)c1OC. The molecule has 0 aromatic heterocycles. The lowest BCUT2D eigenvalue weighted by molar-refractivity contribution is -0.125. The number of nitrogens with zero attached hydrogens (tertiary/aromatic N) is 1. The molecule has 1 unspecified atom stereocenters. The fourth-order valence-corrected chi connectivity index (χ4v) is 4.54. The van der Waals surface area contributed by atoms with E-state index in [1.807, 2.05) is 4.90 Å². The second kappa shape index (κ2) is 8.91. The zero-order chi connectivity index (χ0) is 22.0. The quantitative estimate of drug-likeness (QED) is 0.653. The first kappa shape index (κ1) is 21.1. The number of benzene rings is 1. The van der Waals surface area contributed by atoms with E-state index in [0.717, 1.165) is 19.3 Å². The molecule has 2 heterocycles. The summed E-state index contributed by atoms with van der Waals surface area (Å²) in [6.45, 7) is 1.06. The lowest BCUT2D eigenvalue weighted by Crippen LogP contribution is -2.44. The molecule has 1 aromatic rings. The van der Waals surface area contributed by atoms with Gasteiger partial charge in [-0.15, -0.1) is 0 Å². The standard InChI is InChI=1S/C23H29N3O5/c1-29-17-11-15(12-18(30-2)21(17)31-3)20-19-16(24-23(28)25-20)13-26(22(19)27)10-9-14-7-5-4-6-8-14/h7,11-12,20H,4-6,8-10,13H2,1-3H3,(H2,24,25,28). The third-order valence-electron chi connectivity index (χ3n) is 6.13. The van der Waals surface area contributed by atoms with Crippen LogP contribution in [0.1, 0.15) is 43.7 Å². The molecule has 0 radical (unpaired) electrons. The Balaban J connectivity index is 1.61. The van der Waals surface area contributed by atoms with Crippen molar-refractivity contribution in [1.82, 2.24) is 15.5 Å². The summed E-state index contributed by atoms with van der Waals surface area (Å²) in [5.74, 6) is 1.35. The van der Waals surface area contributed by atoms with Gasteiger partial charge >= 0.3 is 6.03 Å². The number of amides is 3. The van der Waals surface area contributed by atoms with Crippen LogP contribution in [0.2, 0.25) is 0 Å². The first-order chi connectivity index (χ1) is 15.0. The van der Waals surface area contributed by atoms with Gasteiger partial charge in [-0.3, -0.25) is 4.79 Å². The maximum atomic E-state index is 13.3. The zero-order valence-electron chi connectivity index (χ0n) is 18.2. The second-order valence-corrected chi connectivity index (χ2v) is 7.97. The zero-order valence-corrected chi connectivity index (χ0v) is 18.2. The van der Waals surface area contributed by atoms with Crippen LogP contribution in [0.15, 0.2) is 35.1 Å². The van der Waals surface area contributed by atoms with Gasteiger partial charge in [-0.1, -0.05) is 11.6 Å². The molecule has 0 saturated heterocycles. The van der Waals surface area contributed by atoms with Gasteiger partial charge in [-0.05, 0) is 49.8 Å². The van der Waals surface area contributed by atoms with E-state index in [4.69, 9.17) is 14.2 Å². The summed E-state index contributed by atoms with van der Waals surface area (Å²) in [4.78, 5) is 27.5. The molecule has 2 aliphatic heterocycles. The van der Waals surface area contributed by atoms with Crippen molar-refractivity contribution in [2.75, 3.05) is 34.4 Å². The summed E-state index contributed by atoms with van der Waals surface area (Å²) in [5, 5.41) is 5.70. The second-order valence-electron chi connectivity index (χ2n) is 7.97. The van der Waals surface area contributed by atoms with Gasteiger partial charge in [0.15, 0.2) is 11.5 Å². The van der Waals surface area contributed by atoms with E-state index in [1.165, 1.54) is 39.7 Å². The summed E-state index contributed by atoms with van der Waals surface area (Å²) in [7, 11) is 4.61. The number of allylic oxidation sites excluding steroid dienone is 1. The van der Waals surface area contributed by atoms with E-state index in [1.54, 1.807) is 12.1 Å². The largest absolute Gasteiger partial charge is 0.493 e. The molecule has 3 aliphatic rings. The Hall–Kier alpha value is -3.16. The van der Waals surface area contributed by atoms with Crippen molar-refractivity contribution >= 4 is 11.9 Å². The summed E-state index contributed by atoms with van der Waals surface area (Å²) >= 11 is 0. The molecule has 0 saturated carbocycles. The van der Waals surface area contributed by atoms with Gasteiger partial charge in [0.25, 0.3) is 5.91 Å². The molecule has 2 N–H and O–H groups in total. The van der Waals surface area contributed by atoms with Crippen molar-refractivity contribution in [3.8, 4) is 17.2 Å². The molecule has 8 heteroatoms. The minimum Gasteiger partial charge on any atom is -0.493 e. The molecule has 0 spiro atoms. The molecule has 1 aliphatic carbocycles. The van der Waals surface area contributed by atoms with Crippen LogP contribution in [0.25, 0.3) is 0 Å². The molecule has 8 nitrogen and oxygen atoms in total. The van der Waals surface area contributed by atoms with Crippen molar-refractivity contribution in [2.24, 2.45) is 0 Å². The summed E-state index contributed by atoms with van der Waals surface area (Å²) < 4.78 is 16.3. The van der Waals surface area contributed by atoms with Crippen molar-refractivity contribution in [3.05, 3.63) is 40.6 Å². The number of rotatable bonds is 7. The topological polar surface area (TPSA) is 89.1 Å². The lowest BCUT2D eigenvalue weighted by atomic mass is 9.95. The minimum absolute atomic E-state index is 0.0577. The highest BCUT2D eigenvalue weighted by Crippen LogP contribution is 2.42. The highest BCUT2D eigenvalue weighted by Gasteiger charge is 2.40. The van der Waals surface area contributed by atoms with Crippen LogP contribution < -0.4 is 24.8 Å². The smallest absolute Gasteiger partial charge is 0.319 e. The fourth-order valence-electron chi connectivity index (χ4n) is 4.54. The average molecular weight is 428 g/mol. The van der Waals surface area contributed by atoms with Crippen LogP contribution in [0.4, 0.5) is 4.79 Å². The highest BCUT2D eigenvalue weighted by atomic mass is 16.5. The first-order valence-corrected chi connectivity index (χ1v) is 10.6. The van der Waals surface area contributed by atoms with Gasteiger partial charge in [-0.2, -0.15) is 0 Å². The monoisotopic (exact) mass is 427 g/mol. The van der Waals surface area contributed by atoms with Crippen LogP contribution in [-0.4, -0.2) is 51.3 Å². The van der Waals surface area contributed by atoms with E-state index >= 15 is 0 Å². The molecule has 1 aromatic carbocycles. The first-order valence-electron chi connectivity index (χ1n) is 10.6. The number of nitrogens with one attached hydrogen (secondary N) is 2. The van der Waals surface area contributed by atoms with Gasteiger partial charge in [0.2, 0.25) is 5.75 Å². The number of urea groups is 1. The van der Waals surface area contributed by atoms with Gasteiger partial charge in [0.05, 0.1) is 45.2 Å². The number of methoxy groups -OCH3 is 3. The molecule has 31 heavy (non-hydrogen) atoms. The number of hydrogen-bond acceptors (Lipinski definition) is 5. The molecule has 1 atom stereocenters. The number of carbonyl (C=O) groups is 2. The summed E-state index contributed by atoms with van der Waals surface area (Å²) in [6, 6.07) is 2.61. The van der Waals surface area contributed by atoms with E-state index in [0.29, 0.717) is 47.2 Å². The van der Waals surface area contributed by atoms with Crippen LogP contribution in [-0.2, 0) is 4.79 Å². The Morgan fingerprint density at radius 3 is 2.42 bits per heavy atom. The van der Waals surface area contributed by atoms with Crippen LogP contribution in [0, 0.1) is 0 Å². The maximum Gasteiger partial charge on any atom is 0.319 e. The molecule has 4 rings (SSSR count). The van der Waals surface area contributed by atoms with Gasteiger partial charge in [0, 0.05) is 6.54 Å². The van der Waals surface area contributed by atoms with Gasteiger partial charge in [0.1, 0.15) is 0 Å². The Kier molecular flexibility index (Phi) is 6.06. The van der Waals surface area contributed by atoms with Gasteiger partial charge < -0.3 is 29.7 Å². The predicted molar refractivity (Wildman–Crippen MR) is 115 cm³/mol. The van der Waals surface area contributed by atoms with Crippen molar-refractivity contribution in [3.63, 3.8) is 0 Å². The summed E-state index contributed by atoms with van der Waals surface area (Å²) in [6.07, 6.45) is 7.89. The Bertz CT molecular complexity index is 928. The molecule has 0 bridgehead atoms. The third-order valence-corrected chi connectivity index (χ3v) is 6.13. The van der Waals surface area contributed by atoms with E-state index in [2.05, 4.69) is 16.7 Å². The molecular formula is C23H29N3O5. The Labute approximate surface area is 182 Å². The van der Waals surface area contributed by atoms with Crippen molar-refractivity contribution in [2.45, 2.75) is 38.1 Å². The third kappa shape index (κ3) is 4.06. The Morgan fingerprint density at radius 2 is 1.81 bits per heavy atom. The number of carbonyl (C=O) groups excluding carboxylic acids is 2. The van der Waals surface area contributed by atoms with Crippen molar-refractivity contribution < 1.29 is 23.8 Å². The maximum absolute atomic E-state index is 13.3. The molecule has 166 valence electrons. The van der Waals surface area contributed by atoms with E-state index in [-0.39, 0.29) is 11.9 Å².